The zero-order valence-electron chi connectivity index (χ0n) is 14.5. The van der Waals surface area contributed by atoms with E-state index in [0.717, 1.165) is 11.1 Å². The van der Waals surface area contributed by atoms with Crippen molar-refractivity contribution in [1.29, 1.82) is 0 Å². The molecule has 5 heteroatoms. The number of benzene rings is 2. The van der Waals surface area contributed by atoms with Crippen LogP contribution in [0.5, 0.6) is 0 Å². The Morgan fingerprint density at radius 3 is 2.08 bits per heavy atom. The molecule has 0 aromatic heterocycles. The molecule has 1 atom stereocenters. The molecule has 2 aromatic rings. The maximum absolute atomic E-state index is 12.1. The number of carbonyl (C=O) groups excluding carboxylic acids is 3. The van der Waals surface area contributed by atoms with Crippen LogP contribution in [-0.2, 0) is 9.53 Å². The second-order valence-corrected chi connectivity index (χ2v) is 5.91. The van der Waals surface area contributed by atoms with Gasteiger partial charge in [-0.15, -0.1) is 0 Å². The highest BCUT2D eigenvalue weighted by atomic mass is 16.5. The maximum atomic E-state index is 12.1. The lowest BCUT2D eigenvalue weighted by molar-refractivity contribution is -0.119. The lowest BCUT2D eigenvalue weighted by Crippen LogP contribution is -2.23. The molecule has 0 fully saturated rings. The minimum absolute atomic E-state index is 0.115. The third-order valence-electron chi connectivity index (χ3n) is 3.77. The molecule has 2 rings (SSSR count). The fourth-order valence-corrected chi connectivity index (χ4v) is 2.33. The predicted octanol–water partition coefficient (Wildman–Crippen LogP) is 3.23. The van der Waals surface area contributed by atoms with E-state index in [9.17, 15) is 14.4 Å². The van der Waals surface area contributed by atoms with Gasteiger partial charge in [-0.25, -0.2) is 4.79 Å². The topological polar surface area (TPSA) is 72.5 Å². The predicted molar refractivity (Wildman–Crippen MR) is 94.5 cm³/mol. The number of nitrogens with one attached hydrogen (secondary N) is 1. The van der Waals surface area contributed by atoms with Gasteiger partial charge in [0.15, 0.2) is 12.4 Å². The first-order chi connectivity index (χ1) is 11.9. The molecular weight excluding hydrogens is 318 g/mol. The lowest BCUT2D eigenvalue weighted by atomic mass is 10.0. The van der Waals surface area contributed by atoms with E-state index in [2.05, 4.69) is 5.32 Å². The highest BCUT2D eigenvalue weighted by Crippen LogP contribution is 2.14. The Morgan fingerprint density at radius 2 is 1.52 bits per heavy atom. The van der Waals surface area contributed by atoms with Gasteiger partial charge in [-0.2, -0.15) is 0 Å². The Balaban J connectivity index is 1.93. The molecule has 130 valence electrons. The maximum Gasteiger partial charge on any atom is 0.338 e. The molecule has 1 amide bonds. The van der Waals surface area contributed by atoms with E-state index in [4.69, 9.17) is 4.74 Å². The van der Waals surface area contributed by atoms with Crippen molar-refractivity contribution in [2.75, 3.05) is 6.61 Å². The summed E-state index contributed by atoms with van der Waals surface area (Å²) in [4.78, 5) is 35.1. The molecule has 0 saturated heterocycles. The lowest BCUT2D eigenvalue weighted by Gasteiger charge is -2.13. The van der Waals surface area contributed by atoms with Crippen LogP contribution in [0.1, 0.15) is 51.7 Å². The van der Waals surface area contributed by atoms with Gasteiger partial charge in [0, 0.05) is 12.5 Å². The van der Waals surface area contributed by atoms with Crippen LogP contribution in [0.4, 0.5) is 0 Å². The van der Waals surface area contributed by atoms with E-state index in [1.165, 1.54) is 6.92 Å². The first-order valence-electron chi connectivity index (χ1n) is 8.01. The number of ketones is 1. The zero-order valence-corrected chi connectivity index (χ0v) is 14.5. The Hall–Kier alpha value is -2.95. The number of aryl methyl sites for hydroxylation is 1. The second-order valence-electron chi connectivity index (χ2n) is 5.91. The number of hydrogen-bond donors (Lipinski definition) is 1. The third kappa shape index (κ3) is 5.28. The first kappa shape index (κ1) is 18.4. The van der Waals surface area contributed by atoms with E-state index in [1.54, 1.807) is 36.4 Å². The van der Waals surface area contributed by atoms with Crippen molar-refractivity contribution in [3.63, 3.8) is 0 Å². The molecule has 0 aliphatic rings. The summed E-state index contributed by atoms with van der Waals surface area (Å²) in [6, 6.07) is 13.7. The van der Waals surface area contributed by atoms with Gasteiger partial charge < -0.3 is 10.1 Å². The number of Topliss-reactive ketones (excluding diaryl/α,β-unsaturated/α-hetero) is 1. The molecule has 0 bridgehead atoms. The second kappa shape index (κ2) is 8.24. The Labute approximate surface area is 147 Å². The fourth-order valence-electron chi connectivity index (χ4n) is 2.33. The van der Waals surface area contributed by atoms with Crippen molar-refractivity contribution < 1.29 is 19.1 Å². The van der Waals surface area contributed by atoms with Gasteiger partial charge in [-0.3, -0.25) is 9.59 Å². The average molecular weight is 339 g/mol. The molecule has 25 heavy (non-hydrogen) atoms. The molecule has 2 aromatic carbocycles. The summed E-state index contributed by atoms with van der Waals surface area (Å²) in [6.07, 6.45) is 0. The van der Waals surface area contributed by atoms with Crippen molar-refractivity contribution in [1.82, 2.24) is 5.32 Å². The molecule has 0 saturated carbocycles. The molecule has 0 aliphatic carbocycles. The van der Waals surface area contributed by atoms with Gasteiger partial charge in [-0.1, -0.05) is 42.0 Å². The molecule has 0 unspecified atom stereocenters. The van der Waals surface area contributed by atoms with Crippen molar-refractivity contribution in [2.24, 2.45) is 0 Å². The SMILES string of the molecule is CC(=O)N[C@@H](C)c1ccc(C(=O)COC(=O)c2ccc(C)cc2)cc1. The summed E-state index contributed by atoms with van der Waals surface area (Å²) in [5.74, 6) is -0.917. The summed E-state index contributed by atoms with van der Waals surface area (Å²) in [5.41, 5.74) is 2.80. The zero-order chi connectivity index (χ0) is 18.4. The normalized spacial score (nSPS) is 11.5. The summed E-state index contributed by atoms with van der Waals surface area (Å²) >= 11 is 0. The summed E-state index contributed by atoms with van der Waals surface area (Å²) in [5, 5.41) is 2.78. The van der Waals surface area contributed by atoms with Crippen molar-refractivity contribution in [2.45, 2.75) is 26.8 Å². The van der Waals surface area contributed by atoms with Crippen molar-refractivity contribution >= 4 is 17.7 Å². The molecule has 5 nitrogen and oxygen atoms in total. The number of carbonyl (C=O) groups is 3. The van der Waals surface area contributed by atoms with Gasteiger partial charge in [-0.05, 0) is 31.5 Å². The van der Waals surface area contributed by atoms with Crippen LogP contribution in [0.2, 0.25) is 0 Å². The van der Waals surface area contributed by atoms with Gasteiger partial charge >= 0.3 is 5.97 Å². The molecule has 1 N–H and O–H groups in total. The fraction of sp³-hybridized carbons (Fsp3) is 0.250. The van der Waals surface area contributed by atoms with E-state index in [0.29, 0.717) is 11.1 Å². The molecule has 0 heterocycles. The summed E-state index contributed by atoms with van der Waals surface area (Å²) in [7, 11) is 0. The van der Waals surface area contributed by atoms with E-state index in [1.807, 2.05) is 26.0 Å². The standard InChI is InChI=1S/C20H21NO4/c1-13-4-6-18(7-5-13)20(24)25-12-19(23)17-10-8-16(9-11-17)14(2)21-15(3)22/h4-11,14H,12H2,1-3H3,(H,21,22)/t14-/m0/s1. The quantitative estimate of drug-likeness (QED) is 0.648. The minimum Gasteiger partial charge on any atom is -0.454 e. The van der Waals surface area contributed by atoms with E-state index >= 15 is 0 Å². The number of ether oxygens (including phenoxy) is 1. The number of esters is 1. The third-order valence-corrected chi connectivity index (χ3v) is 3.77. The molecule has 0 aliphatic heterocycles. The first-order valence-corrected chi connectivity index (χ1v) is 8.01. The number of rotatable bonds is 6. The molecular formula is C20H21NO4. The van der Waals surface area contributed by atoms with Gasteiger partial charge in [0.05, 0.1) is 11.6 Å². The van der Waals surface area contributed by atoms with E-state index in [-0.39, 0.29) is 24.3 Å². The van der Waals surface area contributed by atoms with Crippen LogP contribution >= 0.6 is 0 Å². The van der Waals surface area contributed by atoms with Crippen molar-refractivity contribution in [3.05, 3.63) is 70.8 Å². The smallest absolute Gasteiger partial charge is 0.338 e. The highest BCUT2D eigenvalue weighted by molar-refractivity contribution is 5.99. The van der Waals surface area contributed by atoms with Gasteiger partial charge in [0.25, 0.3) is 0 Å². The average Bonchev–Trinajstić information content (AvgIpc) is 2.59. The van der Waals surface area contributed by atoms with Crippen molar-refractivity contribution in [3.8, 4) is 0 Å². The Bertz CT molecular complexity index is 763. The minimum atomic E-state index is -0.524. The van der Waals surface area contributed by atoms with Crippen LogP contribution < -0.4 is 5.32 Å². The molecule has 0 radical (unpaired) electrons. The van der Waals surface area contributed by atoms with Crippen LogP contribution in [-0.4, -0.2) is 24.3 Å². The monoisotopic (exact) mass is 339 g/mol. The Morgan fingerprint density at radius 1 is 0.960 bits per heavy atom. The summed E-state index contributed by atoms with van der Waals surface area (Å²) < 4.78 is 5.07. The number of hydrogen-bond acceptors (Lipinski definition) is 4. The largest absolute Gasteiger partial charge is 0.454 e. The van der Waals surface area contributed by atoms with Crippen LogP contribution in [0.15, 0.2) is 48.5 Å². The van der Waals surface area contributed by atoms with Crippen LogP contribution in [0, 0.1) is 6.92 Å². The Kier molecular flexibility index (Phi) is 6.06. The summed E-state index contributed by atoms with van der Waals surface area (Å²) in [6.45, 7) is 4.93. The van der Waals surface area contributed by atoms with Gasteiger partial charge in [0.1, 0.15) is 0 Å². The highest BCUT2D eigenvalue weighted by Gasteiger charge is 2.13. The van der Waals surface area contributed by atoms with Crippen LogP contribution in [0.3, 0.4) is 0 Å². The van der Waals surface area contributed by atoms with E-state index < -0.39 is 5.97 Å². The van der Waals surface area contributed by atoms with Gasteiger partial charge in [0.2, 0.25) is 5.91 Å². The molecule has 0 spiro atoms. The number of amides is 1. The van der Waals surface area contributed by atoms with Crippen LogP contribution in [0.25, 0.3) is 0 Å².